The summed E-state index contributed by atoms with van der Waals surface area (Å²) in [5, 5.41) is 0. The molecule has 3 nitrogen and oxygen atoms in total. The van der Waals surface area contributed by atoms with Crippen LogP contribution in [-0.2, 0) is 13.3 Å². The van der Waals surface area contributed by atoms with Crippen molar-refractivity contribution in [2.75, 3.05) is 19.8 Å². The van der Waals surface area contributed by atoms with Crippen molar-refractivity contribution >= 4 is 29.5 Å². The first-order valence-electron chi connectivity index (χ1n) is 8.94. The molecule has 0 saturated carbocycles. The molecule has 0 N–H and O–H groups in total. The van der Waals surface area contributed by atoms with E-state index in [2.05, 4.69) is 40.4 Å². The molecule has 0 rings (SSSR count). The molecule has 22 heavy (non-hydrogen) atoms. The molecule has 0 aromatic rings. The monoisotopic (exact) mass is 366 g/mol. The van der Waals surface area contributed by atoms with Crippen molar-refractivity contribution in [1.29, 1.82) is 0 Å². The summed E-state index contributed by atoms with van der Waals surface area (Å²) in [6.07, 6.45) is 6.52. The summed E-state index contributed by atoms with van der Waals surface area (Å²) >= 11 is 4.95. The summed E-state index contributed by atoms with van der Waals surface area (Å²) in [6.45, 7) is 15.7. The minimum absolute atomic E-state index is 0.130. The van der Waals surface area contributed by atoms with Crippen molar-refractivity contribution in [3.05, 3.63) is 0 Å². The fourth-order valence-corrected chi connectivity index (χ4v) is 9.64. The molecule has 0 aromatic heterocycles. The Morgan fingerprint density at radius 1 is 0.727 bits per heavy atom. The highest BCUT2D eigenvalue weighted by molar-refractivity contribution is 7.85. The van der Waals surface area contributed by atoms with Crippen molar-refractivity contribution in [2.45, 2.75) is 83.4 Å². The van der Waals surface area contributed by atoms with E-state index in [0.29, 0.717) is 0 Å². The van der Waals surface area contributed by atoms with E-state index in [4.69, 9.17) is 25.9 Å². The number of thiol groups is 1. The van der Waals surface area contributed by atoms with E-state index < -0.39 is 16.9 Å². The summed E-state index contributed by atoms with van der Waals surface area (Å²) in [5.74, 6) is 0. The lowest BCUT2D eigenvalue weighted by molar-refractivity contribution is 0.0589. The van der Waals surface area contributed by atoms with Gasteiger partial charge in [-0.15, -0.1) is 0 Å². The number of hydrogen-bond acceptors (Lipinski definition) is 4. The molecule has 6 heteroatoms. The van der Waals surface area contributed by atoms with E-state index in [-0.39, 0.29) is 4.50 Å². The standard InChI is InChI=1S/C16H38O3SSi2/c1-7-10-13-17-22(18-14-11-8-2,19-15-12-9-3)16(20)21(4,5)6/h16,20H,7-15H2,1-6H3/t16-/m0/s1. The van der Waals surface area contributed by atoms with Crippen LogP contribution in [-0.4, -0.2) is 41.2 Å². The van der Waals surface area contributed by atoms with E-state index in [1.165, 1.54) is 0 Å². The lowest BCUT2D eigenvalue weighted by atomic mass is 10.4. The van der Waals surface area contributed by atoms with Gasteiger partial charge < -0.3 is 13.3 Å². The molecule has 0 saturated heterocycles. The van der Waals surface area contributed by atoms with Crippen LogP contribution < -0.4 is 0 Å². The van der Waals surface area contributed by atoms with Gasteiger partial charge in [-0.05, 0) is 19.3 Å². The Labute approximate surface area is 146 Å². The van der Waals surface area contributed by atoms with Gasteiger partial charge in [0.25, 0.3) is 0 Å². The van der Waals surface area contributed by atoms with E-state index >= 15 is 0 Å². The van der Waals surface area contributed by atoms with Crippen LogP contribution in [0.15, 0.2) is 0 Å². The van der Waals surface area contributed by atoms with E-state index in [9.17, 15) is 0 Å². The zero-order chi connectivity index (χ0) is 17.1. The maximum absolute atomic E-state index is 6.30. The van der Waals surface area contributed by atoms with Crippen molar-refractivity contribution in [3.63, 3.8) is 0 Å². The van der Waals surface area contributed by atoms with Gasteiger partial charge in [0.1, 0.15) is 0 Å². The normalized spacial score (nSPS) is 14.3. The Kier molecular flexibility index (Phi) is 12.5. The van der Waals surface area contributed by atoms with Crippen molar-refractivity contribution in [3.8, 4) is 0 Å². The second-order valence-corrected chi connectivity index (χ2v) is 17.0. The molecule has 1 atom stereocenters. The number of unbranched alkanes of at least 4 members (excludes halogenated alkanes) is 3. The van der Waals surface area contributed by atoms with Crippen molar-refractivity contribution < 1.29 is 13.3 Å². The van der Waals surface area contributed by atoms with Gasteiger partial charge in [0.05, 0.1) is 12.6 Å². The fraction of sp³-hybridized carbons (Fsp3) is 1.00. The van der Waals surface area contributed by atoms with Crippen LogP contribution in [0.3, 0.4) is 0 Å². The zero-order valence-electron chi connectivity index (χ0n) is 15.6. The molecule has 0 aromatic carbocycles. The minimum Gasteiger partial charge on any atom is -0.373 e. The molecule has 0 fully saturated rings. The van der Waals surface area contributed by atoms with Gasteiger partial charge in [0.15, 0.2) is 0 Å². The van der Waals surface area contributed by atoms with Gasteiger partial charge in [-0.3, -0.25) is 0 Å². The predicted octanol–water partition coefficient (Wildman–Crippen LogP) is 5.09. The molecule has 134 valence electrons. The van der Waals surface area contributed by atoms with E-state index in [0.717, 1.165) is 58.3 Å². The Balaban J connectivity index is 5.08. The summed E-state index contributed by atoms with van der Waals surface area (Å²) in [4.78, 5) is 0. The van der Waals surface area contributed by atoms with Crippen LogP contribution in [0.4, 0.5) is 0 Å². The van der Waals surface area contributed by atoms with Crippen molar-refractivity contribution in [1.82, 2.24) is 0 Å². The van der Waals surface area contributed by atoms with Crippen LogP contribution in [0.1, 0.15) is 59.3 Å². The van der Waals surface area contributed by atoms with Gasteiger partial charge in [-0.1, -0.05) is 59.7 Å². The van der Waals surface area contributed by atoms with E-state index in [1.54, 1.807) is 0 Å². The van der Waals surface area contributed by atoms with Crippen molar-refractivity contribution in [2.24, 2.45) is 0 Å². The molecule has 0 aliphatic carbocycles. The molecule has 0 unspecified atom stereocenters. The average Bonchev–Trinajstić information content (AvgIpc) is 2.45. The molecule has 0 radical (unpaired) electrons. The Hall–Kier alpha value is 0.664. The first-order valence-corrected chi connectivity index (χ1v) is 14.8. The average molecular weight is 367 g/mol. The van der Waals surface area contributed by atoms with Crippen LogP contribution >= 0.6 is 12.6 Å². The van der Waals surface area contributed by atoms with Gasteiger partial charge in [-0.25, -0.2) is 0 Å². The highest BCUT2D eigenvalue weighted by Crippen LogP contribution is 2.28. The molecule has 0 aliphatic rings. The minimum atomic E-state index is -2.72. The number of rotatable bonds is 14. The third-order valence-electron chi connectivity index (χ3n) is 3.56. The maximum Gasteiger partial charge on any atom is 0.511 e. The molecular weight excluding hydrogens is 328 g/mol. The summed E-state index contributed by atoms with van der Waals surface area (Å²) in [5.41, 5.74) is 0. The summed E-state index contributed by atoms with van der Waals surface area (Å²) in [6, 6.07) is 0. The molecular formula is C16H38O3SSi2. The number of hydrogen-bond donors (Lipinski definition) is 1. The predicted molar refractivity (Wildman–Crippen MR) is 104 cm³/mol. The van der Waals surface area contributed by atoms with Gasteiger partial charge in [0, 0.05) is 19.8 Å². The Morgan fingerprint density at radius 2 is 1.05 bits per heavy atom. The maximum atomic E-state index is 6.30. The van der Waals surface area contributed by atoms with Crippen LogP contribution in [0.2, 0.25) is 19.6 Å². The molecule has 0 amide bonds. The highest BCUT2D eigenvalue weighted by atomic mass is 32.1. The third-order valence-corrected chi connectivity index (χ3v) is 14.6. The smallest absolute Gasteiger partial charge is 0.373 e. The molecule has 0 heterocycles. The fourth-order valence-electron chi connectivity index (χ4n) is 1.97. The quantitative estimate of drug-likeness (QED) is 0.263. The lowest BCUT2D eigenvalue weighted by Gasteiger charge is -2.39. The lowest BCUT2D eigenvalue weighted by Crippen LogP contribution is -2.62. The first-order chi connectivity index (χ1) is 10.3. The highest BCUT2D eigenvalue weighted by Gasteiger charge is 2.53. The summed E-state index contributed by atoms with van der Waals surface area (Å²) < 4.78 is 19.0. The first kappa shape index (κ1) is 22.7. The van der Waals surface area contributed by atoms with Crippen LogP contribution in [0.5, 0.6) is 0 Å². The topological polar surface area (TPSA) is 27.7 Å². The van der Waals surface area contributed by atoms with Gasteiger partial charge in [0.2, 0.25) is 0 Å². The zero-order valence-corrected chi connectivity index (χ0v) is 18.5. The van der Waals surface area contributed by atoms with E-state index in [1.807, 2.05) is 0 Å². The molecule has 0 bridgehead atoms. The van der Waals surface area contributed by atoms with Crippen LogP contribution in [0, 0.1) is 0 Å². The Morgan fingerprint density at radius 3 is 1.27 bits per heavy atom. The largest absolute Gasteiger partial charge is 0.511 e. The summed E-state index contributed by atoms with van der Waals surface area (Å²) in [7, 11) is -4.25. The van der Waals surface area contributed by atoms with Gasteiger partial charge >= 0.3 is 8.80 Å². The second kappa shape index (κ2) is 12.1. The van der Waals surface area contributed by atoms with Crippen LogP contribution in [0.25, 0.3) is 0 Å². The second-order valence-electron chi connectivity index (χ2n) is 6.98. The Bertz CT molecular complexity index is 246. The molecule has 0 aliphatic heterocycles. The molecule has 0 spiro atoms. The SMILES string of the molecule is CCCCO[Si](OCCCC)(OCCCC)[C@@H](S)[Si](C)(C)C. The van der Waals surface area contributed by atoms with Gasteiger partial charge in [-0.2, -0.15) is 12.6 Å². The third kappa shape index (κ3) is 8.50.